The molecule has 1 fully saturated rings. The van der Waals surface area contributed by atoms with Crippen LogP contribution in [0, 0.1) is 0 Å². The maximum Gasteiger partial charge on any atom is 0.337 e. The van der Waals surface area contributed by atoms with E-state index < -0.39 is 5.97 Å². The van der Waals surface area contributed by atoms with Crippen LogP contribution in [0.15, 0.2) is 0 Å². The van der Waals surface area contributed by atoms with Crippen molar-refractivity contribution in [3.8, 4) is 0 Å². The van der Waals surface area contributed by atoms with Gasteiger partial charge in [0, 0.05) is 13.8 Å². The number of ether oxygens (including phenoxy) is 2. The van der Waals surface area contributed by atoms with Crippen molar-refractivity contribution in [1.82, 2.24) is 0 Å². The highest BCUT2D eigenvalue weighted by atomic mass is 17.4. The van der Waals surface area contributed by atoms with Crippen LogP contribution in [0.3, 0.4) is 0 Å². The first kappa shape index (κ1) is 16.4. The molecule has 1 aliphatic heterocycles. The zero-order valence-corrected chi connectivity index (χ0v) is 11.6. The molecule has 0 saturated carbocycles. The molecule has 17 heavy (non-hydrogen) atoms. The van der Waals surface area contributed by atoms with Crippen molar-refractivity contribution in [1.29, 1.82) is 0 Å². The van der Waals surface area contributed by atoms with Gasteiger partial charge in [0.05, 0.1) is 12.2 Å². The molecular formula is C12H24O5. The van der Waals surface area contributed by atoms with Gasteiger partial charge >= 0.3 is 11.9 Å². The van der Waals surface area contributed by atoms with Gasteiger partial charge in [0.2, 0.25) is 0 Å². The van der Waals surface area contributed by atoms with Crippen molar-refractivity contribution < 1.29 is 24.0 Å². The van der Waals surface area contributed by atoms with E-state index in [1.54, 1.807) is 6.92 Å². The van der Waals surface area contributed by atoms with Crippen LogP contribution in [0.4, 0.5) is 0 Å². The van der Waals surface area contributed by atoms with Crippen molar-refractivity contribution >= 4 is 5.97 Å². The Labute approximate surface area is 103 Å². The Kier molecular flexibility index (Phi) is 7.34. The SMILES string of the molecule is CCC(C)OC(C)=O.CCC(C)OC1(C)OO1. The van der Waals surface area contributed by atoms with Gasteiger partial charge in [0.25, 0.3) is 0 Å². The highest BCUT2D eigenvalue weighted by molar-refractivity contribution is 5.66. The lowest BCUT2D eigenvalue weighted by atomic mass is 10.3. The summed E-state index contributed by atoms with van der Waals surface area (Å²) in [6, 6.07) is 0. The molecule has 1 aliphatic rings. The van der Waals surface area contributed by atoms with E-state index in [-0.39, 0.29) is 18.2 Å². The summed E-state index contributed by atoms with van der Waals surface area (Å²) >= 11 is 0. The second-order valence-electron chi connectivity index (χ2n) is 4.19. The fourth-order valence-corrected chi connectivity index (χ4v) is 0.913. The minimum Gasteiger partial charge on any atom is -0.463 e. The molecule has 0 radical (unpaired) electrons. The van der Waals surface area contributed by atoms with E-state index in [4.69, 9.17) is 9.47 Å². The molecule has 1 heterocycles. The van der Waals surface area contributed by atoms with Crippen molar-refractivity contribution in [2.75, 3.05) is 0 Å². The first-order valence-electron chi connectivity index (χ1n) is 6.04. The Balaban J connectivity index is 0.000000304. The van der Waals surface area contributed by atoms with E-state index in [1.165, 1.54) is 6.92 Å². The Hall–Kier alpha value is -0.650. The third-order valence-corrected chi connectivity index (χ3v) is 2.25. The summed E-state index contributed by atoms with van der Waals surface area (Å²) in [6.45, 7) is 11.1. The average Bonchev–Trinajstić information content (AvgIpc) is 2.95. The van der Waals surface area contributed by atoms with E-state index in [2.05, 4.69) is 16.7 Å². The highest BCUT2D eigenvalue weighted by Gasteiger charge is 2.46. The van der Waals surface area contributed by atoms with Gasteiger partial charge in [-0.3, -0.25) is 4.79 Å². The zero-order chi connectivity index (χ0) is 13.5. The van der Waals surface area contributed by atoms with E-state index in [1.807, 2.05) is 20.8 Å². The summed E-state index contributed by atoms with van der Waals surface area (Å²) in [5.74, 6) is -0.922. The summed E-state index contributed by atoms with van der Waals surface area (Å²) in [6.07, 6.45) is 2.15. The summed E-state index contributed by atoms with van der Waals surface area (Å²) in [7, 11) is 0. The van der Waals surface area contributed by atoms with Crippen LogP contribution in [0.1, 0.15) is 54.4 Å². The molecule has 102 valence electrons. The van der Waals surface area contributed by atoms with Crippen LogP contribution in [0.2, 0.25) is 0 Å². The standard InChI is InChI=1S/C6H12O3.C6H12O2/c1-4-5(2)7-6(3)8-9-6;1-4-5(2)8-6(3)7/h5H,4H2,1-3H3;5H,4H2,1-3H3. The largest absolute Gasteiger partial charge is 0.463 e. The fourth-order valence-electron chi connectivity index (χ4n) is 0.913. The summed E-state index contributed by atoms with van der Waals surface area (Å²) in [4.78, 5) is 19.3. The van der Waals surface area contributed by atoms with Gasteiger partial charge in [0.1, 0.15) is 0 Å². The highest BCUT2D eigenvalue weighted by Crippen LogP contribution is 2.31. The summed E-state index contributed by atoms with van der Waals surface area (Å²) in [5, 5.41) is 0. The predicted molar refractivity (Wildman–Crippen MR) is 62.9 cm³/mol. The van der Waals surface area contributed by atoms with E-state index in [9.17, 15) is 4.79 Å². The van der Waals surface area contributed by atoms with Crippen LogP contribution >= 0.6 is 0 Å². The normalized spacial score (nSPS) is 19.6. The molecule has 5 heteroatoms. The quantitative estimate of drug-likeness (QED) is 0.425. The number of carbonyl (C=O) groups is 1. The fraction of sp³-hybridized carbons (Fsp3) is 0.917. The van der Waals surface area contributed by atoms with Gasteiger partial charge in [-0.05, 0) is 26.7 Å². The molecule has 5 nitrogen and oxygen atoms in total. The molecular weight excluding hydrogens is 224 g/mol. The van der Waals surface area contributed by atoms with Gasteiger partial charge in [-0.1, -0.05) is 13.8 Å². The van der Waals surface area contributed by atoms with Crippen LogP contribution < -0.4 is 0 Å². The summed E-state index contributed by atoms with van der Waals surface area (Å²) in [5.41, 5.74) is 0. The lowest BCUT2D eigenvalue weighted by molar-refractivity contribution is -0.145. The maximum absolute atomic E-state index is 10.2. The second-order valence-corrected chi connectivity index (χ2v) is 4.19. The lowest BCUT2D eigenvalue weighted by Crippen LogP contribution is -2.17. The summed E-state index contributed by atoms with van der Waals surface area (Å²) < 4.78 is 10.0. The molecule has 0 aromatic rings. The van der Waals surface area contributed by atoms with Crippen molar-refractivity contribution in [2.24, 2.45) is 0 Å². The molecule has 2 unspecified atom stereocenters. The molecule has 0 aromatic carbocycles. The first-order valence-corrected chi connectivity index (χ1v) is 6.04. The Morgan fingerprint density at radius 3 is 1.88 bits per heavy atom. The van der Waals surface area contributed by atoms with E-state index >= 15 is 0 Å². The van der Waals surface area contributed by atoms with Crippen molar-refractivity contribution in [2.45, 2.75) is 72.6 Å². The average molecular weight is 248 g/mol. The molecule has 1 saturated heterocycles. The Morgan fingerprint density at radius 2 is 1.65 bits per heavy atom. The lowest BCUT2D eigenvalue weighted by Gasteiger charge is -2.09. The van der Waals surface area contributed by atoms with Gasteiger partial charge in [-0.25, -0.2) is 0 Å². The smallest absolute Gasteiger partial charge is 0.337 e. The maximum atomic E-state index is 10.2. The molecule has 0 spiro atoms. The second kappa shape index (κ2) is 7.63. The van der Waals surface area contributed by atoms with E-state index in [0.29, 0.717) is 0 Å². The number of hydrogen-bond acceptors (Lipinski definition) is 5. The van der Waals surface area contributed by atoms with Crippen LogP contribution in [0.25, 0.3) is 0 Å². The van der Waals surface area contributed by atoms with Crippen LogP contribution in [-0.4, -0.2) is 24.2 Å². The van der Waals surface area contributed by atoms with E-state index in [0.717, 1.165) is 12.8 Å². The Bertz CT molecular complexity index is 225. The van der Waals surface area contributed by atoms with Crippen LogP contribution in [-0.2, 0) is 24.0 Å². The Morgan fingerprint density at radius 1 is 1.18 bits per heavy atom. The molecule has 0 bridgehead atoms. The monoisotopic (exact) mass is 248 g/mol. The molecule has 2 atom stereocenters. The molecule has 1 rings (SSSR count). The first-order chi connectivity index (χ1) is 7.83. The molecule has 0 aliphatic carbocycles. The number of esters is 1. The number of hydrogen-bond donors (Lipinski definition) is 0. The number of rotatable bonds is 5. The van der Waals surface area contributed by atoms with Crippen molar-refractivity contribution in [3.05, 3.63) is 0 Å². The minimum absolute atomic E-state index is 0.0764. The van der Waals surface area contributed by atoms with Gasteiger partial charge in [-0.15, -0.1) is 0 Å². The zero-order valence-electron chi connectivity index (χ0n) is 11.6. The third-order valence-electron chi connectivity index (χ3n) is 2.25. The molecule has 0 N–H and O–H groups in total. The predicted octanol–water partition coefficient (Wildman–Crippen LogP) is 2.79. The van der Waals surface area contributed by atoms with Gasteiger partial charge in [0.15, 0.2) is 0 Å². The topological polar surface area (TPSA) is 60.6 Å². The van der Waals surface area contributed by atoms with Crippen molar-refractivity contribution in [3.63, 3.8) is 0 Å². The minimum atomic E-state index is -0.727. The molecule has 0 amide bonds. The molecule has 0 aromatic heterocycles. The van der Waals surface area contributed by atoms with Gasteiger partial charge in [-0.2, -0.15) is 9.78 Å². The van der Waals surface area contributed by atoms with Crippen LogP contribution in [0.5, 0.6) is 0 Å². The third kappa shape index (κ3) is 9.09. The number of carbonyl (C=O) groups excluding carboxylic acids is 1. The van der Waals surface area contributed by atoms with Gasteiger partial charge < -0.3 is 9.47 Å².